The molecule has 1 aromatic carbocycles. The van der Waals surface area contributed by atoms with E-state index in [0.717, 1.165) is 0 Å². The van der Waals surface area contributed by atoms with Gasteiger partial charge in [0.1, 0.15) is 0 Å². The highest BCUT2D eigenvalue weighted by atomic mass is 32.2. The lowest BCUT2D eigenvalue weighted by molar-refractivity contribution is -0.387. The van der Waals surface area contributed by atoms with Gasteiger partial charge in [0.25, 0.3) is 5.69 Å². The second-order valence-corrected chi connectivity index (χ2v) is 4.78. The third kappa shape index (κ3) is 4.88. The zero-order valence-corrected chi connectivity index (χ0v) is 11.3. The molecule has 0 saturated heterocycles. The Hall–Kier alpha value is -1.60. The molecule has 1 atom stereocenters. The lowest BCUT2D eigenvalue weighted by Crippen LogP contribution is -2.24. The van der Waals surface area contributed by atoms with Crippen molar-refractivity contribution >= 4 is 23.4 Å². The number of aliphatic carboxylic acids is 1. The lowest BCUT2D eigenvalue weighted by Gasteiger charge is -2.11. The van der Waals surface area contributed by atoms with Gasteiger partial charge in [0, 0.05) is 18.4 Å². The summed E-state index contributed by atoms with van der Waals surface area (Å²) in [7, 11) is 0. The molecular weight excluding hydrogens is 270 g/mol. The van der Waals surface area contributed by atoms with E-state index in [2.05, 4.69) is 0 Å². The zero-order chi connectivity index (χ0) is 14.3. The van der Waals surface area contributed by atoms with Crippen molar-refractivity contribution in [3.8, 4) is 0 Å². The van der Waals surface area contributed by atoms with Gasteiger partial charge in [0.15, 0.2) is 6.10 Å². The summed E-state index contributed by atoms with van der Waals surface area (Å²) in [6.45, 7) is 2.05. The van der Waals surface area contributed by atoms with E-state index in [0.29, 0.717) is 23.7 Å². The van der Waals surface area contributed by atoms with Crippen LogP contribution >= 0.6 is 11.8 Å². The van der Waals surface area contributed by atoms with Gasteiger partial charge in [-0.15, -0.1) is 11.8 Å². The highest BCUT2D eigenvalue weighted by Crippen LogP contribution is 2.29. The lowest BCUT2D eigenvalue weighted by atomic mass is 10.3. The largest absolute Gasteiger partial charge is 0.479 e. The summed E-state index contributed by atoms with van der Waals surface area (Å²) < 4.78 is 5.07. The summed E-state index contributed by atoms with van der Waals surface area (Å²) in [6, 6.07) is 6.40. The fourth-order valence-corrected chi connectivity index (χ4v) is 2.50. The van der Waals surface area contributed by atoms with Crippen LogP contribution in [0.25, 0.3) is 0 Å². The molecule has 0 aliphatic carbocycles. The summed E-state index contributed by atoms with van der Waals surface area (Å²) in [5.74, 6) is -0.563. The fourth-order valence-electron chi connectivity index (χ4n) is 1.49. The number of ether oxygens (including phenoxy) is 1. The van der Waals surface area contributed by atoms with Crippen LogP contribution in [0.5, 0.6) is 0 Å². The number of hydrogen-bond acceptors (Lipinski definition) is 5. The molecule has 0 bridgehead atoms. The number of nitro benzene ring substituents is 1. The number of carbonyl (C=O) groups is 1. The van der Waals surface area contributed by atoms with Gasteiger partial charge in [-0.1, -0.05) is 12.1 Å². The first kappa shape index (κ1) is 15.5. The number of rotatable bonds is 8. The van der Waals surface area contributed by atoms with Crippen LogP contribution in [0.4, 0.5) is 5.69 Å². The van der Waals surface area contributed by atoms with Gasteiger partial charge in [-0.2, -0.15) is 0 Å². The summed E-state index contributed by atoms with van der Waals surface area (Å²) in [5.41, 5.74) is 0.0378. The molecule has 0 fully saturated rings. The highest BCUT2D eigenvalue weighted by Gasteiger charge is 2.18. The topological polar surface area (TPSA) is 89.7 Å². The number of benzene rings is 1. The van der Waals surface area contributed by atoms with Gasteiger partial charge >= 0.3 is 5.97 Å². The Morgan fingerprint density at radius 2 is 2.21 bits per heavy atom. The Kier molecular flexibility index (Phi) is 6.31. The Labute approximate surface area is 114 Å². The molecule has 0 spiro atoms. The van der Waals surface area contributed by atoms with E-state index in [1.54, 1.807) is 25.1 Å². The van der Waals surface area contributed by atoms with E-state index in [1.807, 2.05) is 0 Å². The molecule has 0 saturated carbocycles. The maximum Gasteiger partial charge on any atom is 0.332 e. The van der Waals surface area contributed by atoms with Gasteiger partial charge in [-0.25, -0.2) is 4.79 Å². The van der Waals surface area contributed by atoms with E-state index in [1.165, 1.54) is 17.8 Å². The van der Waals surface area contributed by atoms with Crippen molar-refractivity contribution in [3.63, 3.8) is 0 Å². The van der Waals surface area contributed by atoms with Crippen LogP contribution in [0.2, 0.25) is 0 Å². The van der Waals surface area contributed by atoms with E-state index >= 15 is 0 Å². The van der Waals surface area contributed by atoms with Crippen LogP contribution in [0.15, 0.2) is 29.2 Å². The predicted octanol–water partition coefficient (Wildman–Crippen LogP) is 2.57. The van der Waals surface area contributed by atoms with Crippen LogP contribution < -0.4 is 0 Å². The van der Waals surface area contributed by atoms with Gasteiger partial charge in [-0.3, -0.25) is 10.1 Å². The number of nitrogens with zero attached hydrogens (tertiary/aromatic N) is 1. The van der Waals surface area contributed by atoms with Gasteiger partial charge < -0.3 is 9.84 Å². The molecule has 104 valence electrons. The van der Waals surface area contributed by atoms with E-state index in [4.69, 9.17) is 9.84 Å². The quantitative estimate of drug-likeness (QED) is 0.448. The van der Waals surface area contributed by atoms with Crippen molar-refractivity contribution in [1.29, 1.82) is 0 Å². The van der Waals surface area contributed by atoms with Crippen molar-refractivity contribution in [1.82, 2.24) is 0 Å². The standard InChI is InChI=1S/C12H15NO5S/c1-2-18-10(12(14)15)7-8-19-11-6-4-3-5-9(11)13(16)17/h3-6,10H,2,7-8H2,1H3,(H,14,15). The number of hydrogen-bond donors (Lipinski definition) is 1. The minimum atomic E-state index is -1.01. The molecular formula is C12H15NO5S. The molecule has 1 rings (SSSR count). The molecule has 6 nitrogen and oxygen atoms in total. The van der Waals surface area contributed by atoms with E-state index < -0.39 is 17.0 Å². The minimum absolute atomic E-state index is 0.0378. The number of nitro groups is 1. The van der Waals surface area contributed by atoms with Crippen LogP contribution in [-0.2, 0) is 9.53 Å². The Bertz CT molecular complexity index is 452. The molecule has 0 aliphatic rings. The summed E-state index contributed by atoms with van der Waals surface area (Å²) in [4.78, 5) is 21.8. The first-order chi connectivity index (χ1) is 9.06. The normalized spacial score (nSPS) is 12.1. The molecule has 1 N–H and O–H groups in total. The van der Waals surface area contributed by atoms with Crippen LogP contribution in [0, 0.1) is 10.1 Å². The molecule has 0 radical (unpaired) electrons. The van der Waals surface area contributed by atoms with Crippen LogP contribution in [0.3, 0.4) is 0 Å². The van der Waals surface area contributed by atoms with Gasteiger partial charge in [0.2, 0.25) is 0 Å². The first-order valence-corrected chi connectivity index (χ1v) is 6.75. The third-order valence-electron chi connectivity index (χ3n) is 2.34. The summed E-state index contributed by atoms with van der Waals surface area (Å²) in [6.07, 6.45) is -0.555. The molecule has 7 heteroatoms. The molecule has 0 aromatic heterocycles. The second kappa shape index (κ2) is 7.75. The maximum atomic E-state index is 10.9. The number of carboxylic acids is 1. The van der Waals surface area contributed by atoms with Crippen molar-refractivity contribution in [3.05, 3.63) is 34.4 Å². The Balaban J connectivity index is 2.57. The Morgan fingerprint density at radius 3 is 2.79 bits per heavy atom. The van der Waals surface area contributed by atoms with Crippen molar-refractivity contribution in [2.45, 2.75) is 24.3 Å². The average Bonchev–Trinajstić information content (AvgIpc) is 2.38. The smallest absolute Gasteiger partial charge is 0.332 e. The summed E-state index contributed by atoms with van der Waals surface area (Å²) in [5, 5.41) is 19.7. The molecule has 0 aliphatic heterocycles. The van der Waals surface area contributed by atoms with E-state index in [9.17, 15) is 14.9 Å². The molecule has 1 unspecified atom stereocenters. The van der Waals surface area contributed by atoms with Crippen LogP contribution in [0.1, 0.15) is 13.3 Å². The molecule has 0 heterocycles. The van der Waals surface area contributed by atoms with Crippen molar-refractivity contribution in [2.75, 3.05) is 12.4 Å². The van der Waals surface area contributed by atoms with Gasteiger partial charge in [-0.05, 0) is 19.4 Å². The number of thioether (sulfide) groups is 1. The molecule has 1 aromatic rings. The van der Waals surface area contributed by atoms with Gasteiger partial charge in [0.05, 0.1) is 9.82 Å². The van der Waals surface area contributed by atoms with Crippen molar-refractivity contribution in [2.24, 2.45) is 0 Å². The number of para-hydroxylation sites is 1. The molecule has 0 amide bonds. The summed E-state index contributed by atoms with van der Waals surface area (Å²) >= 11 is 1.26. The number of carboxylic acid groups (broad SMARTS) is 1. The second-order valence-electron chi connectivity index (χ2n) is 3.64. The van der Waals surface area contributed by atoms with E-state index in [-0.39, 0.29) is 5.69 Å². The minimum Gasteiger partial charge on any atom is -0.479 e. The SMILES string of the molecule is CCOC(CCSc1ccccc1[N+](=O)[O-])C(=O)O. The predicted molar refractivity (Wildman–Crippen MR) is 71.5 cm³/mol. The zero-order valence-electron chi connectivity index (χ0n) is 10.4. The fraction of sp³-hybridized carbons (Fsp3) is 0.417. The average molecular weight is 285 g/mol. The molecule has 19 heavy (non-hydrogen) atoms. The third-order valence-corrected chi connectivity index (χ3v) is 3.44. The Morgan fingerprint density at radius 1 is 1.53 bits per heavy atom. The highest BCUT2D eigenvalue weighted by molar-refractivity contribution is 7.99. The monoisotopic (exact) mass is 285 g/mol. The maximum absolute atomic E-state index is 10.9. The van der Waals surface area contributed by atoms with Crippen LogP contribution in [-0.4, -0.2) is 34.5 Å². The first-order valence-electron chi connectivity index (χ1n) is 5.77. The van der Waals surface area contributed by atoms with Crippen molar-refractivity contribution < 1.29 is 19.6 Å².